The number of carbonyl (C=O) groups excluding carboxylic acids is 1. The Balaban J connectivity index is 1.84. The molecule has 0 aliphatic rings. The van der Waals surface area contributed by atoms with Gasteiger partial charge in [-0.3, -0.25) is 4.79 Å². The number of ether oxygens (including phenoxy) is 1. The van der Waals surface area contributed by atoms with Crippen LogP contribution in [0.5, 0.6) is 5.75 Å². The summed E-state index contributed by atoms with van der Waals surface area (Å²) in [5, 5.41) is 0.649. The molecule has 0 bridgehead atoms. The van der Waals surface area contributed by atoms with Gasteiger partial charge in [-0.05, 0) is 56.7 Å². The number of rotatable bonds is 8. The van der Waals surface area contributed by atoms with Crippen LogP contribution in [0.2, 0.25) is 0 Å². The van der Waals surface area contributed by atoms with E-state index >= 15 is 0 Å². The minimum atomic E-state index is -0.670. The van der Waals surface area contributed by atoms with Crippen molar-refractivity contribution in [2.75, 3.05) is 24.6 Å². The molecule has 0 radical (unpaired) electrons. The van der Waals surface area contributed by atoms with Crippen molar-refractivity contribution in [2.24, 2.45) is 0 Å². The third-order valence-electron chi connectivity index (χ3n) is 4.74. The van der Waals surface area contributed by atoms with Crippen molar-refractivity contribution in [1.29, 1.82) is 0 Å². The monoisotopic (exact) mass is 391 g/mol. The van der Waals surface area contributed by atoms with Crippen molar-refractivity contribution in [1.82, 2.24) is 0 Å². The first-order chi connectivity index (χ1) is 14.1. The number of para-hydroxylation sites is 1. The SMILES string of the molecule is CCOc1cccc2cc(C(=O)C=Cc3ccc(N(CC)CC)cc3)c(=O)oc12. The normalized spacial score (nSPS) is 11.1. The molecule has 0 aliphatic carbocycles. The van der Waals surface area contributed by atoms with Crippen LogP contribution in [0.1, 0.15) is 36.7 Å². The highest BCUT2D eigenvalue weighted by Gasteiger charge is 2.13. The van der Waals surface area contributed by atoms with E-state index in [0.717, 1.165) is 24.3 Å². The predicted octanol–water partition coefficient (Wildman–Crippen LogP) is 4.93. The molecule has 0 spiro atoms. The third-order valence-corrected chi connectivity index (χ3v) is 4.74. The average Bonchev–Trinajstić information content (AvgIpc) is 2.74. The van der Waals surface area contributed by atoms with E-state index < -0.39 is 11.4 Å². The van der Waals surface area contributed by atoms with Crippen LogP contribution in [0.3, 0.4) is 0 Å². The van der Waals surface area contributed by atoms with Gasteiger partial charge < -0.3 is 14.1 Å². The maximum Gasteiger partial charge on any atom is 0.347 e. The van der Waals surface area contributed by atoms with E-state index in [0.29, 0.717) is 23.3 Å². The Morgan fingerprint density at radius 1 is 1.07 bits per heavy atom. The fourth-order valence-corrected chi connectivity index (χ4v) is 3.21. The van der Waals surface area contributed by atoms with Gasteiger partial charge >= 0.3 is 5.63 Å². The second-order valence-electron chi connectivity index (χ2n) is 6.52. The van der Waals surface area contributed by atoms with E-state index in [2.05, 4.69) is 18.7 Å². The molecule has 0 fully saturated rings. The highest BCUT2D eigenvalue weighted by atomic mass is 16.5. The zero-order valence-electron chi connectivity index (χ0n) is 17.0. The molecular formula is C24H25NO4. The number of fused-ring (bicyclic) bond motifs is 1. The van der Waals surface area contributed by atoms with Gasteiger partial charge in [-0.25, -0.2) is 4.79 Å². The molecule has 29 heavy (non-hydrogen) atoms. The van der Waals surface area contributed by atoms with Gasteiger partial charge in [-0.1, -0.05) is 30.3 Å². The van der Waals surface area contributed by atoms with Crippen molar-refractivity contribution >= 4 is 28.5 Å². The summed E-state index contributed by atoms with van der Waals surface area (Å²) in [7, 11) is 0. The second-order valence-corrected chi connectivity index (χ2v) is 6.52. The highest BCUT2D eigenvalue weighted by molar-refractivity contribution is 6.08. The molecule has 0 N–H and O–H groups in total. The van der Waals surface area contributed by atoms with Crippen LogP contribution in [0, 0.1) is 0 Å². The molecule has 150 valence electrons. The van der Waals surface area contributed by atoms with Crippen LogP contribution in [0.4, 0.5) is 5.69 Å². The Morgan fingerprint density at radius 2 is 1.79 bits per heavy atom. The Bertz CT molecular complexity index is 1080. The standard InChI is InChI=1S/C24H25NO4/c1-4-25(5-2)19-13-10-17(11-14-19)12-15-21(26)20-16-18-8-7-9-22(28-6-3)23(18)29-24(20)27/h7-16H,4-6H2,1-3H3. The minimum absolute atomic E-state index is 0.00200. The first kappa shape index (κ1) is 20.4. The molecule has 2 aromatic carbocycles. The van der Waals surface area contributed by atoms with Crippen LogP contribution >= 0.6 is 0 Å². The first-order valence-corrected chi connectivity index (χ1v) is 9.84. The summed E-state index contributed by atoms with van der Waals surface area (Å²) in [6.07, 6.45) is 3.10. The van der Waals surface area contributed by atoms with E-state index in [1.54, 1.807) is 30.3 Å². The molecule has 5 heteroatoms. The predicted molar refractivity (Wildman–Crippen MR) is 117 cm³/mol. The van der Waals surface area contributed by atoms with E-state index in [-0.39, 0.29) is 5.56 Å². The van der Waals surface area contributed by atoms with Crippen molar-refractivity contribution in [3.05, 3.63) is 76.2 Å². The molecule has 0 saturated heterocycles. The Kier molecular flexibility index (Phi) is 6.50. The summed E-state index contributed by atoms with van der Waals surface area (Å²) in [5.41, 5.74) is 1.71. The molecule has 3 rings (SSSR count). The smallest absolute Gasteiger partial charge is 0.347 e. The zero-order valence-corrected chi connectivity index (χ0v) is 17.0. The van der Waals surface area contributed by atoms with E-state index in [9.17, 15) is 9.59 Å². The van der Waals surface area contributed by atoms with Gasteiger partial charge in [0.1, 0.15) is 5.56 Å². The van der Waals surface area contributed by atoms with Crippen molar-refractivity contribution in [3.63, 3.8) is 0 Å². The van der Waals surface area contributed by atoms with Gasteiger partial charge in [-0.15, -0.1) is 0 Å². The lowest BCUT2D eigenvalue weighted by molar-refractivity contribution is 0.104. The average molecular weight is 391 g/mol. The number of hydrogen-bond acceptors (Lipinski definition) is 5. The summed E-state index contributed by atoms with van der Waals surface area (Å²) in [5.74, 6) is 0.0974. The summed E-state index contributed by atoms with van der Waals surface area (Å²) < 4.78 is 10.9. The topological polar surface area (TPSA) is 59.8 Å². The van der Waals surface area contributed by atoms with E-state index in [1.165, 1.54) is 6.08 Å². The van der Waals surface area contributed by atoms with Gasteiger partial charge in [0.05, 0.1) is 6.61 Å². The zero-order chi connectivity index (χ0) is 20.8. The van der Waals surface area contributed by atoms with Crippen molar-refractivity contribution in [2.45, 2.75) is 20.8 Å². The lowest BCUT2D eigenvalue weighted by Crippen LogP contribution is -2.21. The van der Waals surface area contributed by atoms with Crippen LogP contribution in [0.25, 0.3) is 17.0 Å². The van der Waals surface area contributed by atoms with Gasteiger partial charge in [0.15, 0.2) is 17.1 Å². The number of hydrogen-bond donors (Lipinski definition) is 0. The molecule has 0 saturated carbocycles. The molecule has 1 heterocycles. The molecule has 5 nitrogen and oxygen atoms in total. The minimum Gasteiger partial charge on any atom is -0.490 e. The largest absolute Gasteiger partial charge is 0.490 e. The van der Waals surface area contributed by atoms with E-state index in [1.807, 2.05) is 31.2 Å². The number of allylic oxidation sites excluding steroid dienone is 1. The van der Waals surface area contributed by atoms with Crippen LogP contribution < -0.4 is 15.3 Å². The molecule has 0 unspecified atom stereocenters. The molecule has 0 atom stereocenters. The van der Waals surface area contributed by atoms with Gasteiger partial charge in [0.2, 0.25) is 0 Å². The number of nitrogens with zero attached hydrogens (tertiary/aromatic N) is 1. The molecule has 1 aromatic heterocycles. The maximum absolute atomic E-state index is 12.6. The fourth-order valence-electron chi connectivity index (χ4n) is 3.21. The van der Waals surface area contributed by atoms with Gasteiger partial charge in [0, 0.05) is 24.2 Å². The Morgan fingerprint density at radius 3 is 2.45 bits per heavy atom. The van der Waals surface area contributed by atoms with Crippen molar-refractivity contribution in [3.8, 4) is 5.75 Å². The number of benzene rings is 2. The first-order valence-electron chi connectivity index (χ1n) is 9.84. The quantitative estimate of drug-likeness (QED) is 0.309. The van der Waals surface area contributed by atoms with Crippen LogP contribution in [0.15, 0.2) is 63.8 Å². The summed E-state index contributed by atoms with van der Waals surface area (Å²) in [6.45, 7) is 8.41. The maximum atomic E-state index is 12.6. The van der Waals surface area contributed by atoms with Crippen LogP contribution in [-0.4, -0.2) is 25.5 Å². The summed E-state index contributed by atoms with van der Waals surface area (Å²) >= 11 is 0. The number of anilines is 1. The van der Waals surface area contributed by atoms with Gasteiger partial charge in [0.25, 0.3) is 0 Å². The summed E-state index contributed by atoms with van der Waals surface area (Å²) in [4.78, 5) is 27.2. The number of ketones is 1. The molecule has 0 amide bonds. The van der Waals surface area contributed by atoms with E-state index in [4.69, 9.17) is 9.15 Å². The second kappa shape index (κ2) is 9.24. The van der Waals surface area contributed by atoms with Crippen LogP contribution in [-0.2, 0) is 0 Å². The number of carbonyl (C=O) groups is 1. The lowest BCUT2D eigenvalue weighted by atomic mass is 10.1. The fraction of sp³-hybridized carbons (Fsp3) is 0.250. The molecule has 0 aliphatic heterocycles. The molecule has 3 aromatic rings. The lowest BCUT2D eigenvalue weighted by Gasteiger charge is -2.20. The highest BCUT2D eigenvalue weighted by Crippen LogP contribution is 2.25. The molecular weight excluding hydrogens is 366 g/mol. The summed E-state index contributed by atoms with van der Waals surface area (Å²) in [6, 6.07) is 14.8. The third kappa shape index (κ3) is 4.57. The Hall–Kier alpha value is -3.34. The Labute approximate surface area is 170 Å². The van der Waals surface area contributed by atoms with Crippen molar-refractivity contribution < 1.29 is 13.9 Å². The van der Waals surface area contributed by atoms with Gasteiger partial charge in [-0.2, -0.15) is 0 Å².